The molecule has 0 fully saturated rings. The predicted molar refractivity (Wildman–Crippen MR) is 89.6 cm³/mol. The SMILES string of the molecule is O=C(CCl)Nc1c2ccccc2n2cnc3ccccc3c12. The van der Waals surface area contributed by atoms with Crippen LogP contribution in [0.25, 0.3) is 27.3 Å². The number of carbonyl (C=O) groups is 1. The predicted octanol–water partition coefficient (Wildman–Crippen LogP) is 3.82. The number of alkyl halides is 1. The van der Waals surface area contributed by atoms with E-state index in [1.54, 1.807) is 6.33 Å². The molecule has 2 heterocycles. The number of hydrogen-bond acceptors (Lipinski definition) is 2. The number of amides is 1. The second kappa shape index (κ2) is 5.00. The Balaban J connectivity index is 2.19. The fourth-order valence-corrected chi connectivity index (χ4v) is 2.92. The van der Waals surface area contributed by atoms with Crippen LogP contribution < -0.4 is 5.32 Å². The van der Waals surface area contributed by atoms with Crippen molar-refractivity contribution in [1.82, 2.24) is 9.38 Å². The third-order valence-electron chi connectivity index (χ3n) is 3.77. The summed E-state index contributed by atoms with van der Waals surface area (Å²) in [5.74, 6) is -0.296. The summed E-state index contributed by atoms with van der Waals surface area (Å²) in [6.45, 7) is 0. The van der Waals surface area contributed by atoms with Crippen molar-refractivity contribution >= 4 is 50.5 Å². The van der Waals surface area contributed by atoms with E-state index in [9.17, 15) is 4.79 Å². The molecular formula is C17H12ClN3O. The number of aromatic nitrogens is 2. The number of anilines is 1. The molecular weight excluding hydrogens is 298 g/mol. The number of nitrogens with zero attached hydrogens (tertiary/aromatic N) is 2. The Morgan fingerprint density at radius 2 is 1.82 bits per heavy atom. The molecule has 0 atom stereocenters. The lowest BCUT2D eigenvalue weighted by Crippen LogP contribution is -2.12. The van der Waals surface area contributed by atoms with Crippen LogP contribution in [0.4, 0.5) is 5.69 Å². The molecule has 0 saturated heterocycles. The van der Waals surface area contributed by atoms with Gasteiger partial charge >= 0.3 is 0 Å². The van der Waals surface area contributed by atoms with Crippen molar-refractivity contribution in [2.75, 3.05) is 11.2 Å². The maximum Gasteiger partial charge on any atom is 0.239 e. The van der Waals surface area contributed by atoms with Gasteiger partial charge in [-0.15, -0.1) is 11.6 Å². The highest BCUT2D eigenvalue weighted by molar-refractivity contribution is 6.30. The van der Waals surface area contributed by atoms with Crippen molar-refractivity contribution in [3.8, 4) is 0 Å². The van der Waals surface area contributed by atoms with Gasteiger partial charge < -0.3 is 5.32 Å². The van der Waals surface area contributed by atoms with Crippen molar-refractivity contribution in [3.63, 3.8) is 0 Å². The van der Waals surface area contributed by atoms with Crippen LogP contribution in [0.3, 0.4) is 0 Å². The van der Waals surface area contributed by atoms with Crippen molar-refractivity contribution in [1.29, 1.82) is 0 Å². The quantitative estimate of drug-likeness (QED) is 0.572. The maximum absolute atomic E-state index is 11.8. The first-order valence-electron chi connectivity index (χ1n) is 6.92. The largest absolute Gasteiger partial charge is 0.323 e. The Bertz CT molecular complexity index is 1020. The van der Waals surface area contributed by atoms with Gasteiger partial charge in [0.2, 0.25) is 5.91 Å². The zero-order valence-corrected chi connectivity index (χ0v) is 12.3. The van der Waals surface area contributed by atoms with E-state index in [-0.39, 0.29) is 11.8 Å². The number of halogens is 1. The van der Waals surface area contributed by atoms with Crippen molar-refractivity contribution in [2.24, 2.45) is 0 Å². The van der Waals surface area contributed by atoms with Crippen LogP contribution in [0.2, 0.25) is 0 Å². The standard InChI is InChI=1S/C17H12ClN3O/c18-9-15(22)20-16-12-6-2-4-8-14(12)21-10-19-13-7-3-1-5-11(13)17(16)21/h1-8,10H,9H2,(H,20,22). The molecule has 4 aromatic rings. The topological polar surface area (TPSA) is 46.4 Å². The number of fused-ring (bicyclic) bond motifs is 5. The normalized spacial score (nSPS) is 11.3. The van der Waals surface area contributed by atoms with Crippen LogP contribution in [0.1, 0.15) is 0 Å². The smallest absolute Gasteiger partial charge is 0.239 e. The molecule has 0 bridgehead atoms. The molecule has 0 aliphatic rings. The number of para-hydroxylation sites is 2. The van der Waals surface area contributed by atoms with E-state index in [2.05, 4.69) is 10.3 Å². The lowest BCUT2D eigenvalue weighted by molar-refractivity contribution is -0.113. The van der Waals surface area contributed by atoms with E-state index in [1.165, 1.54) is 0 Å². The van der Waals surface area contributed by atoms with E-state index in [0.717, 1.165) is 33.0 Å². The van der Waals surface area contributed by atoms with Crippen LogP contribution in [-0.2, 0) is 4.79 Å². The summed E-state index contributed by atoms with van der Waals surface area (Å²) in [7, 11) is 0. The van der Waals surface area contributed by atoms with Gasteiger partial charge in [-0.1, -0.05) is 36.4 Å². The fourth-order valence-electron chi connectivity index (χ4n) is 2.85. The van der Waals surface area contributed by atoms with Gasteiger partial charge in [-0.3, -0.25) is 9.20 Å². The molecule has 5 heteroatoms. The van der Waals surface area contributed by atoms with E-state index in [1.807, 2.05) is 52.9 Å². The Labute approximate surface area is 131 Å². The first-order chi connectivity index (χ1) is 10.8. The zero-order valence-electron chi connectivity index (χ0n) is 11.6. The number of rotatable bonds is 2. The molecule has 4 rings (SSSR count). The molecule has 2 aromatic heterocycles. The molecule has 0 aliphatic carbocycles. The average Bonchev–Trinajstić information content (AvgIpc) is 2.89. The van der Waals surface area contributed by atoms with Crippen molar-refractivity contribution < 1.29 is 4.79 Å². The molecule has 2 aromatic carbocycles. The molecule has 0 unspecified atom stereocenters. The first kappa shape index (κ1) is 13.1. The van der Waals surface area contributed by atoms with Crippen LogP contribution in [-0.4, -0.2) is 21.2 Å². The molecule has 1 N–H and O–H groups in total. The Hall–Kier alpha value is -2.59. The van der Waals surface area contributed by atoms with E-state index < -0.39 is 0 Å². The Morgan fingerprint density at radius 1 is 1.09 bits per heavy atom. The van der Waals surface area contributed by atoms with Crippen LogP contribution >= 0.6 is 11.6 Å². The van der Waals surface area contributed by atoms with E-state index in [0.29, 0.717) is 0 Å². The second-order valence-corrected chi connectivity index (χ2v) is 5.32. The highest BCUT2D eigenvalue weighted by Crippen LogP contribution is 2.35. The van der Waals surface area contributed by atoms with Crippen LogP contribution in [0.5, 0.6) is 0 Å². The third kappa shape index (κ3) is 1.84. The van der Waals surface area contributed by atoms with Gasteiger partial charge in [-0.25, -0.2) is 4.98 Å². The summed E-state index contributed by atoms with van der Waals surface area (Å²) >= 11 is 5.66. The zero-order chi connectivity index (χ0) is 15.1. The van der Waals surface area contributed by atoms with Crippen LogP contribution in [0, 0.1) is 0 Å². The highest BCUT2D eigenvalue weighted by Gasteiger charge is 2.16. The third-order valence-corrected chi connectivity index (χ3v) is 4.01. The molecule has 4 nitrogen and oxygen atoms in total. The molecule has 0 spiro atoms. The minimum absolute atomic E-state index is 0.0747. The van der Waals surface area contributed by atoms with E-state index in [4.69, 9.17) is 11.6 Å². The number of benzene rings is 2. The number of nitrogens with one attached hydrogen (secondary N) is 1. The lowest BCUT2D eigenvalue weighted by atomic mass is 10.1. The summed E-state index contributed by atoms with van der Waals surface area (Å²) in [4.78, 5) is 16.3. The fraction of sp³-hybridized carbons (Fsp3) is 0.0588. The Morgan fingerprint density at radius 3 is 2.64 bits per heavy atom. The minimum Gasteiger partial charge on any atom is -0.323 e. The van der Waals surface area contributed by atoms with Crippen LogP contribution in [0.15, 0.2) is 54.9 Å². The van der Waals surface area contributed by atoms with Crippen molar-refractivity contribution in [2.45, 2.75) is 0 Å². The number of hydrogen-bond donors (Lipinski definition) is 1. The molecule has 0 aliphatic heterocycles. The maximum atomic E-state index is 11.8. The van der Waals surface area contributed by atoms with Gasteiger partial charge in [-0.05, 0) is 12.1 Å². The summed E-state index contributed by atoms with van der Waals surface area (Å²) < 4.78 is 2.00. The van der Waals surface area contributed by atoms with Gasteiger partial charge in [-0.2, -0.15) is 0 Å². The summed E-state index contributed by atoms with van der Waals surface area (Å²) in [6, 6.07) is 15.8. The van der Waals surface area contributed by atoms with Gasteiger partial charge in [0, 0.05) is 10.8 Å². The number of carbonyl (C=O) groups excluding carboxylic acids is 1. The van der Waals surface area contributed by atoms with Gasteiger partial charge in [0.05, 0.1) is 22.2 Å². The molecule has 22 heavy (non-hydrogen) atoms. The molecule has 0 radical (unpaired) electrons. The second-order valence-electron chi connectivity index (χ2n) is 5.05. The van der Waals surface area contributed by atoms with Gasteiger partial charge in [0.25, 0.3) is 0 Å². The highest BCUT2D eigenvalue weighted by atomic mass is 35.5. The average molecular weight is 310 g/mol. The summed E-state index contributed by atoms with van der Waals surface area (Å²) in [5, 5.41) is 4.89. The van der Waals surface area contributed by atoms with E-state index >= 15 is 0 Å². The molecule has 0 saturated carbocycles. The minimum atomic E-state index is -0.221. The Kier molecular flexibility index (Phi) is 2.98. The van der Waals surface area contributed by atoms with Gasteiger partial charge in [0.15, 0.2) is 0 Å². The monoisotopic (exact) mass is 309 g/mol. The molecule has 1 amide bonds. The summed E-state index contributed by atoms with van der Waals surface area (Å²) in [5.41, 5.74) is 3.60. The van der Waals surface area contributed by atoms with Crippen molar-refractivity contribution in [3.05, 3.63) is 54.9 Å². The first-order valence-corrected chi connectivity index (χ1v) is 7.45. The van der Waals surface area contributed by atoms with Gasteiger partial charge in [0.1, 0.15) is 12.2 Å². The molecule has 108 valence electrons. The lowest BCUT2D eigenvalue weighted by Gasteiger charge is -2.05. The summed E-state index contributed by atoms with van der Waals surface area (Å²) in [6.07, 6.45) is 1.79.